The number of aliphatic hydroxyl groups is 1. The van der Waals surface area contributed by atoms with Gasteiger partial charge in [0.25, 0.3) is 0 Å². The zero-order valence-electron chi connectivity index (χ0n) is 18.1. The van der Waals surface area contributed by atoms with Crippen molar-refractivity contribution in [3.05, 3.63) is 35.6 Å². The molecule has 1 aliphatic heterocycles. The Morgan fingerprint density at radius 2 is 1.65 bits per heavy atom. The van der Waals surface area contributed by atoms with Crippen LogP contribution in [0.5, 0.6) is 0 Å². The van der Waals surface area contributed by atoms with Gasteiger partial charge in [0.15, 0.2) is 0 Å². The lowest BCUT2D eigenvalue weighted by molar-refractivity contribution is -0.194. The minimum Gasteiger partial charge on any atom is -0.453 e. The Kier molecular flexibility index (Phi) is 4.81. The third-order valence-electron chi connectivity index (χ3n) is 8.95. The molecule has 6 rings (SSSR count). The Labute approximate surface area is 182 Å². The van der Waals surface area contributed by atoms with Crippen LogP contribution in [0.25, 0.3) is 0 Å². The van der Waals surface area contributed by atoms with E-state index in [-0.39, 0.29) is 35.0 Å². The predicted octanol–water partition coefficient (Wildman–Crippen LogP) is 2.84. The van der Waals surface area contributed by atoms with Gasteiger partial charge < -0.3 is 20.1 Å². The number of nitrogens with one attached hydrogen (secondary N) is 1. The molecular weight excluding hydrogens is 399 g/mol. The van der Waals surface area contributed by atoms with Gasteiger partial charge in [0, 0.05) is 24.9 Å². The van der Waals surface area contributed by atoms with Gasteiger partial charge in [0.05, 0.1) is 18.8 Å². The number of hydrogen-bond acceptors (Lipinski definition) is 4. The second-order valence-corrected chi connectivity index (χ2v) is 10.3. The summed E-state index contributed by atoms with van der Waals surface area (Å²) in [4.78, 5) is 26.6. The summed E-state index contributed by atoms with van der Waals surface area (Å²) in [6.07, 6.45) is 3.58. The molecule has 5 fully saturated rings. The van der Waals surface area contributed by atoms with Crippen molar-refractivity contribution in [3.8, 4) is 0 Å². The van der Waals surface area contributed by atoms with E-state index in [1.807, 2.05) is 19.1 Å². The molecule has 5 aliphatic rings. The molecule has 0 radical (unpaired) electrons. The van der Waals surface area contributed by atoms with Gasteiger partial charge in [-0.15, -0.1) is 0 Å². The molecule has 1 aromatic rings. The van der Waals surface area contributed by atoms with Crippen molar-refractivity contribution >= 4 is 12.0 Å². The lowest BCUT2D eigenvalue weighted by atomic mass is 9.40. The van der Waals surface area contributed by atoms with Crippen LogP contribution in [-0.2, 0) is 14.9 Å². The van der Waals surface area contributed by atoms with E-state index in [0.717, 1.165) is 31.2 Å². The highest BCUT2D eigenvalue weighted by molar-refractivity contribution is 5.79. The highest BCUT2D eigenvalue weighted by Gasteiger charge is 2.64. The number of rotatable bonds is 4. The third kappa shape index (κ3) is 3.15. The summed E-state index contributed by atoms with van der Waals surface area (Å²) < 4.78 is 18.4. The van der Waals surface area contributed by atoms with Gasteiger partial charge in [0.1, 0.15) is 5.82 Å². The van der Waals surface area contributed by atoms with Gasteiger partial charge in [-0.05, 0) is 74.0 Å². The topological polar surface area (TPSA) is 78.9 Å². The lowest BCUT2D eigenvalue weighted by Crippen LogP contribution is -2.66. The summed E-state index contributed by atoms with van der Waals surface area (Å²) in [5.41, 5.74) is 0.131. The van der Waals surface area contributed by atoms with Gasteiger partial charge in [-0.2, -0.15) is 0 Å². The number of methoxy groups -OCH3 is 1. The molecule has 31 heavy (non-hydrogen) atoms. The lowest BCUT2D eigenvalue weighted by Gasteiger charge is -2.66. The smallest absolute Gasteiger partial charge is 0.407 e. The van der Waals surface area contributed by atoms with E-state index in [4.69, 9.17) is 0 Å². The summed E-state index contributed by atoms with van der Waals surface area (Å²) in [5, 5.41) is 13.8. The first-order valence-electron chi connectivity index (χ1n) is 11.3. The fourth-order valence-electron chi connectivity index (χ4n) is 7.20. The fourth-order valence-corrected chi connectivity index (χ4v) is 7.20. The number of nitrogens with zero attached hydrogens (tertiary/aromatic N) is 1. The zero-order valence-corrected chi connectivity index (χ0v) is 18.1. The van der Waals surface area contributed by atoms with Crippen molar-refractivity contribution < 1.29 is 23.8 Å². The minimum absolute atomic E-state index is 0.0771. The molecule has 0 atom stereocenters. The monoisotopic (exact) mass is 430 g/mol. The van der Waals surface area contributed by atoms with Crippen LogP contribution in [0.3, 0.4) is 0 Å². The number of carbonyl (C=O) groups excluding carboxylic acids is 2. The number of likely N-dealkylation sites (tertiary alicyclic amines) is 1. The molecule has 2 N–H and O–H groups in total. The van der Waals surface area contributed by atoms with Crippen LogP contribution in [0.2, 0.25) is 0 Å². The average molecular weight is 431 g/mol. The third-order valence-corrected chi connectivity index (χ3v) is 8.95. The fraction of sp³-hybridized carbons (Fsp3) is 0.667. The number of amides is 2. The quantitative estimate of drug-likeness (QED) is 0.770. The molecule has 1 saturated heterocycles. The number of ether oxygens (including phenoxy) is 1. The molecule has 4 bridgehead atoms. The Hall–Kier alpha value is -2.15. The minimum atomic E-state index is -0.615. The number of benzene rings is 1. The molecule has 7 heteroatoms. The molecule has 1 aromatic carbocycles. The van der Waals surface area contributed by atoms with Crippen LogP contribution in [0, 0.1) is 29.5 Å². The van der Waals surface area contributed by atoms with Crippen LogP contribution in [0.1, 0.15) is 44.6 Å². The first-order valence-corrected chi connectivity index (χ1v) is 11.3. The Balaban J connectivity index is 1.39. The predicted molar refractivity (Wildman–Crippen MR) is 112 cm³/mol. The van der Waals surface area contributed by atoms with Gasteiger partial charge in [-0.1, -0.05) is 12.1 Å². The van der Waals surface area contributed by atoms with Gasteiger partial charge in [-0.3, -0.25) is 4.79 Å². The number of hydrogen-bond donors (Lipinski definition) is 2. The molecule has 1 heterocycles. The summed E-state index contributed by atoms with van der Waals surface area (Å²) in [6.45, 7) is 2.96. The highest BCUT2D eigenvalue weighted by Crippen LogP contribution is 2.66. The second-order valence-electron chi connectivity index (χ2n) is 10.3. The number of carbonyl (C=O) groups is 2. The normalized spacial score (nSPS) is 38.6. The molecule has 168 valence electrons. The molecular formula is C24H31FN2O4. The summed E-state index contributed by atoms with van der Waals surface area (Å²) in [7, 11) is 1.33. The van der Waals surface area contributed by atoms with E-state index >= 15 is 0 Å². The standard InChI is InChI=1S/C24H31FN2O4/c1-23(30)15-7-17-9-16(23)10-18(8-15)24(17,14-3-5-19(25)6-4-14)11-21(28)27-12-20(13-27)26-22(29)31-2/h3-6,15-18,20,30H,7-13H2,1-2H3,(H,26,29). The van der Waals surface area contributed by atoms with E-state index in [9.17, 15) is 19.1 Å². The first-order chi connectivity index (χ1) is 14.7. The maximum Gasteiger partial charge on any atom is 0.407 e. The van der Waals surface area contributed by atoms with E-state index in [2.05, 4.69) is 10.1 Å². The van der Waals surface area contributed by atoms with Gasteiger partial charge in [0.2, 0.25) is 5.91 Å². The maximum absolute atomic E-state index is 13.7. The molecule has 4 aliphatic carbocycles. The maximum atomic E-state index is 13.7. The van der Waals surface area contributed by atoms with Crippen molar-refractivity contribution in [2.75, 3.05) is 20.2 Å². The molecule has 6 nitrogen and oxygen atoms in total. The Bertz CT molecular complexity index is 846. The van der Waals surface area contributed by atoms with E-state index in [0.29, 0.717) is 31.3 Å². The average Bonchev–Trinajstić information content (AvgIpc) is 2.68. The molecule has 4 saturated carbocycles. The van der Waals surface area contributed by atoms with Crippen LogP contribution >= 0.6 is 0 Å². The zero-order chi connectivity index (χ0) is 22.0. The number of halogens is 1. The van der Waals surface area contributed by atoms with Crippen molar-refractivity contribution in [1.82, 2.24) is 10.2 Å². The van der Waals surface area contributed by atoms with Gasteiger partial charge in [-0.25, -0.2) is 9.18 Å². The first kappa shape index (κ1) is 20.7. The van der Waals surface area contributed by atoms with Crippen LogP contribution < -0.4 is 5.32 Å². The Morgan fingerprint density at radius 1 is 1.10 bits per heavy atom. The number of alkyl carbamates (subject to hydrolysis) is 1. The van der Waals surface area contributed by atoms with E-state index in [1.165, 1.54) is 19.2 Å². The summed E-state index contributed by atoms with van der Waals surface area (Å²) in [5.74, 6) is 1.00. The van der Waals surface area contributed by atoms with Crippen LogP contribution in [0.4, 0.5) is 9.18 Å². The molecule has 2 amide bonds. The second kappa shape index (κ2) is 7.19. The van der Waals surface area contributed by atoms with Crippen LogP contribution in [0.15, 0.2) is 24.3 Å². The van der Waals surface area contributed by atoms with Crippen molar-refractivity contribution in [2.24, 2.45) is 23.7 Å². The Morgan fingerprint density at radius 3 is 2.16 bits per heavy atom. The van der Waals surface area contributed by atoms with Crippen molar-refractivity contribution in [2.45, 2.75) is 56.1 Å². The largest absolute Gasteiger partial charge is 0.453 e. The van der Waals surface area contributed by atoms with Crippen molar-refractivity contribution in [3.63, 3.8) is 0 Å². The summed E-state index contributed by atoms with van der Waals surface area (Å²) >= 11 is 0. The molecule has 0 aromatic heterocycles. The van der Waals surface area contributed by atoms with E-state index in [1.54, 1.807) is 4.90 Å². The van der Waals surface area contributed by atoms with E-state index < -0.39 is 11.7 Å². The molecule has 0 unspecified atom stereocenters. The summed E-state index contributed by atoms with van der Waals surface area (Å²) in [6, 6.07) is 6.65. The molecule has 0 spiro atoms. The van der Waals surface area contributed by atoms with Gasteiger partial charge >= 0.3 is 6.09 Å². The van der Waals surface area contributed by atoms with Crippen molar-refractivity contribution in [1.29, 1.82) is 0 Å². The van der Waals surface area contributed by atoms with Crippen LogP contribution in [-0.4, -0.2) is 53.8 Å². The highest BCUT2D eigenvalue weighted by atomic mass is 19.1. The SMILES string of the molecule is COC(=O)NC1CN(C(=O)CC2(c3ccc(F)cc3)C3CC4CC2CC(C3)C4(C)O)C1.